The quantitative estimate of drug-likeness (QED) is 0.191. The van der Waals surface area contributed by atoms with Crippen LogP contribution in [0.25, 0.3) is 30.4 Å². The van der Waals surface area contributed by atoms with Crippen molar-refractivity contribution in [3.63, 3.8) is 0 Å². The summed E-state index contributed by atoms with van der Waals surface area (Å²) in [5.74, 6) is -2.12. The molecule has 3 aromatic heterocycles. The van der Waals surface area contributed by atoms with E-state index in [4.69, 9.17) is 14.2 Å². The van der Waals surface area contributed by atoms with Crippen LogP contribution in [0.2, 0.25) is 0 Å². The Morgan fingerprint density at radius 2 is 1.44 bits per heavy atom. The van der Waals surface area contributed by atoms with Crippen LogP contribution in [0.5, 0.6) is 0 Å². The van der Waals surface area contributed by atoms with Gasteiger partial charge in [0, 0.05) is 87.3 Å². The van der Waals surface area contributed by atoms with E-state index in [1.807, 2.05) is 45.1 Å². The maximum Gasteiger partial charge on any atom is 0.331 e. The van der Waals surface area contributed by atoms with E-state index in [9.17, 15) is 19.5 Å². The smallest absolute Gasteiger partial charge is 0.331 e. The van der Waals surface area contributed by atoms with Crippen LogP contribution in [0, 0.1) is 32.1 Å². The Morgan fingerprint density at radius 1 is 0.808 bits per heavy atom. The van der Waals surface area contributed by atoms with E-state index in [2.05, 4.69) is 45.9 Å². The highest BCUT2D eigenvalue weighted by Crippen LogP contribution is 2.54. The van der Waals surface area contributed by atoms with Crippen molar-refractivity contribution in [2.75, 3.05) is 27.9 Å². The molecule has 272 valence electrons. The van der Waals surface area contributed by atoms with Crippen molar-refractivity contribution < 1.29 is 33.7 Å². The third-order valence-electron chi connectivity index (χ3n) is 11.0. The van der Waals surface area contributed by atoms with Crippen LogP contribution in [-0.2, 0) is 41.4 Å². The molecule has 1 fully saturated rings. The number of rotatable bonds is 10. The van der Waals surface area contributed by atoms with Gasteiger partial charge < -0.3 is 39.6 Å². The van der Waals surface area contributed by atoms with Gasteiger partial charge in [0.2, 0.25) is 0 Å². The lowest BCUT2D eigenvalue weighted by atomic mass is 9.65. The topological polar surface area (TPSA) is 159 Å². The number of carboxylic acids is 1. The Hall–Kier alpha value is -5.55. The van der Waals surface area contributed by atoms with Gasteiger partial charge in [-0.3, -0.25) is 9.59 Å². The van der Waals surface area contributed by atoms with Crippen LogP contribution in [0.4, 0.5) is 0 Å². The largest absolute Gasteiger partial charge is 0.478 e. The SMILES string of the molecule is C=Cc1c2[nH]c(c1C)C=C1NC(=Cc3[nH]c(c(CCC(=O)OC)c3C)C=c3[nH]c(c(C)c3CCC(=O)OC)=C2)C2(C)C1=CC=C(C(=O)O)C2COC. The van der Waals surface area contributed by atoms with E-state index in [0.717, 1.165) is 83.8 Å². The number of ether oxygens (including phenoxy) is 3. The number of allylic oxidation sites excluding steroid dienone is 4. The highest BCUT2D eigenvalue weighted by atomic mass is 16.5. The lowest BCUT2D eigenvalue weighted by molar-refractivity contribution is -0.141. The molecule has 3 aliphatic rings. The van der Waals surface area contributed by atoms with Gasteiger partial charge in [-0.25, -0.2) is 4.79 Å². The Kier molecular flexibility index (Phi) is 9.92. The molecule has 0 saturated carbocycles. The van der Waals surface area contributed by atoms with Gasteiger partial charge in [0.1, 0.15) is 0 Å². The summed E-state index contributed by atoms with van der Waals surface area (Å²) in [7, 11) is 4.35. The lowest BCUT2D eigenvalue weighted by Gasteiger charge is -2.38. The van der Waals surface area contributed by atoms with Crippen LogP contribution < -0.4 is 16.0 Å². The number of fused-ring (bicyclic) bond motifs is 11. The maximum absolute atomic E-state index is 12.6. The van der Waals surface area contributed by atoms with Crippen molar-refractivity contribution in [1.29, 1.82) is 0 Å². The average molecular weight is 707 g/mol. The first kappa shape index (κ1) is 36.2. The fourth-order valence-corrected chi connectivity index (χ4v) is 7.90. The first-order valence-corrected chi connectivity index (χ1v) is 17.3. The van der Waals surface area contributed by atoms with Crippen molar-refractivity contribution in [1.82, 2.24) is 20.3 Å². The summed E-state index contributed by atoms with van der Waals surface area (Å²) in [6.45, 7) is 12.5. The minimum atomic E-state index is -0.994. The fraction of sp³-hybridized carbons (Fsp3) is 0.341. The average Bonchev–Trinajstić information content (AvgIpc) is 3.77. The standard InChI is InChI=1S/C41H46N4O7/c1-9-24-21(2)31-17-36-28-13-10-27(40(48)49)29(20-50-6)41(28,5)37(45-36)19-32-23(4)26(12-15-39(47)52-8)35(44-32)18-34-25(11-14-38(46)51-7)22(3)30(43-34)16-33(24)42-31/h9-10,13,16-19,29,42-45H,1,11-12,14-15,20H2,2-8H3,(H,48,49). The van der Waals surface area contributed by atoms with Crippen molar-refractivity contribution in [3.05, 3.63) is 108 Å². The summed E-state index contributed by atoms with van der Waals surface area (Å²) in [6, 6.07) is 0. The minimum absolute atomic E-state index is 0.182. The third-order valence-corrected chi connectivity index (χ3v) is 11.0. The molecule has 2 atom stereocenters. The predicted octanol–water partition coefficient (Wildman–Crippen LogP) is 4.63. The number of nitrogens with one attached hydrogen (secondary N) is 4. The third kappa shape index (κ3) is 6.19. The summed E-state index contributed by atoms with van der Waals surface area (Å²) < 4.78 is 15.6. The summed E-state index contributed by atoms with van der Waals surface area (Å²) in [5.41, 5.74) is 11.2. The number of carbonyl (C=O) groups is 3. The van der Waals surface area contributed by atoms with Crippen LogP contribution >= 0.6 is 0 Å². The second kappa shape index (κ2) is 14.2. The first-order valence-electron chi connectivity index (χ1n) is 17.3. The van der Waals surface area contributed by atoms with Gasteiger partial charge in [-0.15, -0.1) is 0 Å². The number of carboxylic acid groups (broad SMARTS) is 1. The first-order chi connectivity index (χ1) is 24.9. The number of methoxy groups -OCH3 is 3. The zero-order chi connectivity index (χ0) is 37.5. The maximum atomic E-state index is 12.6. The molecule has 0 radical (unpaired) electrons. The molecule has 2 unspecified atom stereocenters. The number of H-pyrrole nitrogens is 3. The Labute approximate surface area is 302 Å². The summed E-state index contributed by atoms with van der Waals surface area (Å²) in [6.07, 6.45) is 14.9. The van der Waals surface area contributed by atoms with Crippen LogP contribution in [0.15, 0.2) is 41.3 Å². The highest BCUT2D eigenvalue weighted by molar-refractivity contribution is 5.90. The number of aromatic nitrogens is 3. The normalized spacial score (nSPS) is 18.8. The molecular weight excluding hydrogens is 660 g/mol. The van der Waals surface area contributed by atoms with Gasteiger partial charge in [-0.2, -0.15) is 0 Å². The molecule has 8 bridgehead atoms. The van der Waals surface area contributed by atoms with Gasteiger partial charge in [0.25, 0.3) is 0 Å². The number of esters is 2. The summed E-state index contributed by atoms with van der Waals surface area (Å²) in [5, 5.41) is 15.7. The van der Waals surface area contributed by atoms with Crippen LogP contribution in [-0.4, -0.2) is 65.9 Å². The second-order valence-corrected chi connectivity index (χ2v) is 13.7. The molecule has 1 aliphatic carbocycles. The van der Waals surface area contributed by atoms with Crippen molar-refractivity contribution in [2.24, 2.45) is 11.3 Å². The monoisotopic (exact) mass is 706 g/mol. The molecule has 0 amide bonds. The molecular formula is C41H46N4O7. The molecule has 11 heteroatoms. The van der Waals surface area contributed by atoms with E-state index in [1.54, 1.807) is 13.2 Å². The van der Waals surface area contributed by atoms with Gasteiger partial charge in [0.05, 0.1) is 20.8 Å². The van der Waals surface area contributed by atoms with E-state index in [1.165, 1.54) is 14.2 Å². The van der Waals surface area contributed by atoms with Gasteiger partial charge in [-0.1, -0.05) is 24.8 Å². The fourth-order valence-electron chi connectivity index (χ4n) is 7.90. The lowest BCUT2D eigenvalue weighted by Crippen LogP contribution is -2.37. The number of hydrogen-bond acceptors (Lipinski definition) is 7. The summed E-state index contributed by atoms with van der Waals surface area (Å²) >= 11 is 0. The van der Waals surface area contributed by atoms with Crippen LogP contribution in [0.1, 0.15) is 75.9 Å². The minimum Gasteiger partial charge on any atom is -0.478 e. The summed E-state index contributed by atoms with van der Waals surface area (Å²) in [4.78, 5) is 48.1. The molecule has 6 rings (SSSR count). The van der Waals surface area contributed by atoms with Gasteiger partial charge >= 0.3 is 17.9 Å². The van der Waals surface area contributed by atoms with Crippen molar-refractivity contribution in [2.45, 2.75) is 53.4 Å². The molecule has 1 saturated heterocycles. The molecule has 5 N–H and O–H groups in total. The molecule has 0 aromatic carbocycles. The van der Waals surface area contributed by atoms with E-state index >= 15 is 0 Å². The molecule has 5 heterocycles. The highest BCUT2D eigenvalue weighted by Gasteiger charge is 2.51. The van der Waals surface area contributed by atoms with Gasteiger partial charge in [0.15, 0.2) is 0 Å². The Morgan fingerprint density at radius 3 is 2.08 bits per heavy atom. The zero-order valence-corrected chi connectivity index (χ0v) is 30.8. The second-order valence-electron chi connectivity index (χ2n) is 13.7. The van der Waals surface area contributed by atoms with Crippen LogP contribution in [0.3, 0.4) is 0 Å². The number of hydrogen-bond donors (Lipinski definition) is 5. The molecule has 52 heavy (non-hydrogen) atoms. The van der Waals surface area contributed by atoms with E-state index in [0.29, 0.717) is 12.8 Å². The zero-order valence-electron chi connectivity index (χ0n) is 30.8. The molecule has 11 nitrogen and oxygen atoms in total. The number of carbonyl (C=O) groups excluding carboxylic acids is 2. The number of aliphatic carboxylic acids is 1. The molecule has 3 aromatic rings. The van der Waals surface area contributed by atoms with Crippen molar-refractivity contribution >= 4 is 48.3 Å². The van der Waals surface area contributed by atoms with E-state index < -0.39 is 17.3 Å². The van der Waals surface area contributed by atoms with Crippen molar-refractivity contribution in [3.8, 4) is 0 Å². The van der Waals surface area contributed by atoms with E-state index in [-0.39, 0.29) is 37.0 Å². The Bertz CT molecular complexity index is 2250. The predicted molar refractivity (Wildman–Crippen MR) is 200 cm³/mol. The van der Waals surface area contributed by atoms with Gasteiger partial charge in [-0.05, 0) is 98.2 Å². The Balaban J connectivity index is 1.70. The molecule has 0 spiro atoms. The number of aromatic amines is 3. The molecule has 2 aliphatic heterocycles.